The number of anilines is 2. The first-order valence-electron chi connectivity index (χ1n) is 9.17. The molecule has 3 aromatic rings. The lowest BCUT2D eigenvalue weighted by atomic mass is 10.0. The quantitative estimate of drug-likeness (QED) is 0.448. The van der Waals surface area contributed by atoms with Crippen LogP contribution in [-0.2, 0) is 10.0 Å². The van der Waals surface area contributed by atoms with Crippen molar-refractivity contribution in [1.29, 1.82) is 0 Å². The second-order valence-electron chi connectivity index (χ2n) is 6.92. The van der Waals surface area contributed by atoms with Gasteiger partial charge >= 0.3 is 0 Å². The van der Waals surface area contributed by atoms with Gasteiger partial charge in [0.1, 0.15) is 5.75 Å². The molecule has 1 aliphatic heterocycles. The van der Waals surface area contributed by atoms with Crippen molar-refractivity contribution in [3.05, 3.63) is 69.1 Å². The van der Waals surface area contributed by atoms with Crippen molar-refractivity contribution in [3.63, 3.8) is 0 Å². The van der Waals surface area contributed by atoms with Crippen molar-refractivity contribution in [2.24, 2.45) is 0 Å². The van der Waals surface area contributed by atoms with E-state index in [0.29, 0.717) is 16.5 Å². The molecule has 0 aliphatic carbocycles. The van der Waals surface area contributed by atoms with E-state index in [1.807, 2.05) is 34.5 Å². The van der Waals surface area contributed by atoms with Gasteiger partial charge in [-0.2, -0.15) is 0 Å². The molecule has 0 bridgehead atoms. The molecule has 1 aromatic carbocycles. The molecule has 0 unspecified atom stereocenters. The molecular weight excluding hydrogens is 520 g/mol. The zero-order valence-electron chi connectivity index (χ0n) is 16.6. The first-order chi connectivity index (χ1) is 14.8. The molecule has 0 radical (unpaired) electrons. The Bertz CT molecular complexity index is 1220. The van der Waals surface area contributed by atoms with Crippen LogP contribution in [0.5, 0.6) is 5.75 Å². The average molecular weight is 540 g/mol. The zero-order valence-corrected chi connectivity index (χ0v) is 20.6. The number of aromatic nitrogens is 1. The van der Waals surface area contributed by atoms with Crippen LogP contribution in [0.3, 0.4) is 0 Å². The summed E-state index contributed by atoms with van der Waals surface area (Å²) in [6, 6.07) is 12.8. The highest BCUT2D eigenvalue weighted by Gasteiger charge is 2.41. The van der Waals surface area contributed by atoms with E-state index in [4.69, 9.17) is 17.0 Å². The number of nitrogens with zero attached hydrogens (tertiary/aromatic N) is 2. The van der Waals surface area contributed by atoms with Crippen LogP contribution >= 0.6 is 39.5 Å². The van der Waals surface area contributed by atoms with Crippen LogP contribution in [0, 0.1) is 0 Å². The number of ether oxygens (including phenoxy) is 1. The van der Waals surface area contributed by atoms with Gasteiger partial charge in [0.15, 0.2) is 5.11 Å². The number of nitrogens with one attached hydrogen (secondary N) is 2. The molecular formula is C20H19BrN4O3S3. The van der Waals surface area contributed by atoms with Crippen LogP contribution in [0.15, 0.2) is 58.5 Å². The highest BCUT2D eigenvalue weighted by atomic mass is 79.9. The minimum absolute atomic E-state index is 0.168. The third-order valence-corrected chi connectivity index (χ3v) is 7.40. The number of methoxy groups -OCH3 is 1. The van der Waals surface area contributed by atoms with Gasteiger partial charge in [-0.05, 0) is 64.5 Å². The Labute approximate surface area is 198 Å². The van der Waals surface area contributed by atoms with Gasteiger partial charge in [-0.1, -0.05) is 6.07 Å². The Hall–Kier alpha value is -2.21. The number of hydrogen-bond donors (Lipinski definition) is 2. The number of halogens is 1. The van der Waals surface area contributed by atoms with E-state index in [0.717, 1.165) is 27.0 Å². The summed E-state index contributed by atoms with van der Waals surface area (Å²) in [6.45, 7) is 0. The molecule has 7 nitrogen and oxygen atoms in total. The van der Waals surface area contributed by atoms with E-state index in [-0.39, 0.29) is 12.1 Å². The summed E-state index contributed by atoms with van der Waals surface area (Å²) in [6.07, 6.45) is 2.86. The number of benzene rings is 1. The third-order valence-electron chi connectivity index (χ3n) is 4.73. The van der Waals surface area contributed by atoms with Crippen LogP contribution < -0.4 is 19.7 Å². The summed E-state index contributed by atoms with van der Waals surface area (Å²) in [4.78, 5) is 7.60. The van der Waals surface area contributed by atoms with E-state index in [1.165, 1.54) is 7.11 Å². The molecule has 1 saturated heterocycles. The van der Waals surface area contributed by atoms with Crippen LogP contribution in [0.25, 0.3) is 0 Å². The summed E-state index contributed by atoms with van der Waals surface area (Å²) < 4.78 is 32.6. The van der Waals surface area contributed by atoms with E-state index in [2.05, 4.69) is 37.0 Å². The molecule has 162 valence electrons. The summed E-state index contributed by atoms with van der Waals surface area (Å²) >= 11 is 10.9. The number of hydrogen-bond acceptors (Lipinski definition) is 6. The van der Waals surface area contributed by atoms with Crippen molar-refractivity contribution in [2.75, 3.05) is 23.0 Å². The largest absolute Gasteiger partial charge is 0.495 e. The Morgan fingerprint density at radius 1 is 1.29 bits per heavy atom. The molecule has 4 rings (SSSR count). The van der Waals surface area contributed by atoms with Gasteiger partial charge in [-0.3, -0.25) is 9.71 Å². The molecule has 0 amide bonds. The summed E-state index contributed by atoms with van der Waals surface area (Å²) in [5, 5.41) is 5.94. The average Bonchev–Trinajstić information content (AvgIpc) is 3.30. The summed E-state index contributed by atoms with van der Waals surface area (Å²) in [5.74, 6) is 0.420. The van der Waals surface area contributed by atoms with Crippen molar-refractivity contribution >= 4 is 66.0 Å². The van der Waals surface area contributed by atoms with Crippen LogP contribution in [0.4, 0.5) is 11.4 Å². The topological polar surface area (TPSA) is 83.6 Å². The SMILES string of the molecule is COc1ccc(N2C(=S)N[C@@H](c3ccccn3)[C@@H]2c2cc(Br)cs2)cc1NS(C)(=O)=O. The van der Waals surface area contributed by atoms with Crippen molar-refractivity contribution in [3.8, 4) is 5.75 Å². The van der Waals surface area contributed by atoms with Gasteiger partial charge in [-0.15, -0.1) is 11.3 Å². The molecule has 1 aliphatic rings. The minimum atomic E-state index is -3.49. The standard InChI is InChI=1S/C20H19BrN4O3S3/c1-28-16-7-6-13(10-15(16)24-31(2,26)27)25-19(17-9-12(21)11-30-17)18(23-20(25)29)14-5-3-4-8-22-14/h3-11,18-19,24H,1-2H3,(H,23,29)/t18-,19-/m0/s1. The lowest BCUT2D eigenvalue weighted by molar-refractivity contribution is 0.417. The Morgan fingerprint density at radius 3 is 2.71 bits per heavy atom. The van der Waals surface area contributed by atoms with E-state index in [9.17, 15) is 8.42 Å². The van der Waals surface area contributed by atoms with E-state index >= 15 is 0 Å². The maximum atomic E-state index is 11.9. The van der Waals surface area contributed by atoms with Gasteiger partial charge < -0.3 is 15.0 Å². The van der Waals surface area contributed by atoms with Crippen LogP contribution in [-0.4, -0.2) is 31.9 Å². The maximum Gasteiger partial charge on any atom is 0.229 e. The third kappa shape index (κ3) is 4.69. The van der Waals surface area contributed by atoms with Crippen molar-refractivity contribution in [1.82, 2.24) is 10.3 Å². The predicted molar refractivity (Wildman–Crippen MR) is 131 cm³/mol. The van der Waals surface area contributed by atoms with Crippen LogP contribution in [0.1, 0.15) is 22.7 Å². The predicted octanol–water partition coefficient (Wildman–Crippen LogP) is 4.46. The Balaban J connectivity index is 1.82. The molecule has 2 atom stereocenters. The fourth-order valence-corrected chi connectivity index (χ4v) is 6.01. The van der Waals surface area contributed by atoms with Crippen LogP contribution in [0.2, 0.25) is 0 Å². The smallest absolute Gasteiger partial charge is 0.229 e. The molecule has 2 N–H and O–H groups in total. The summed E-state index contributed by atoms with van der Waals surface area (Å²) in [7, 11) is -2.00. The highest BCUT2D eigenvalue weighted by molar-refractivity contribution is 9.10. The van der Waals surface area contributed by atoms with E-state index < -0.39 is 10.0 Å². The molecule has 0 spiro atoms. The second kappa shape index (κ2) is 8.73. The fraction of sp³-hybridized carbons (Fsp3) is 0.200. The Morgan fingerprint density at radius 2 is 2.10 bits per heavy atom. The first kappa shape index (κ1) is 22.0. The molecule has 0 saturated carbocycles. The lowest BCUT2D eigenvalue weighted by Gasteiger charge is -2.27. The minimum Gasteiger partial charge on any atom is -0.495 e. The van der Waals surface area contributed by atoms with Crippen molar-refractivity contribution in [2.45, 2.75) is 12.1 Å². The zero-order chi connectivity index (χ0) is 22.2. The first-order valence-corrected chi connectivity index (χ1v) is 13.1. The monoisotopic (exact) mass is 538 g/mol. The number of thiophene rings is 1. The normalized spacial score (nSPS) is 18.7. The summed E-state index contributed by atoms with van der Waals surface area (Å²) in [5.41, 5.74) is 1.94. The Kier molecular flexibility index (Phi) is 6.20. The molecule has 3 heterocycles. The number of thiocarbonyl (C=S) groups is 1. The number of sulfonamides is 1. The molecule has 11 heteroatoms. The number of rotatable bonds is 6. The van der Waals surface area contributed by atoms with Gasteiger partial charge in [0.05, 0.1) is 36.8 Å². The lowest BCUT2D eigenvalue weighted by Crippen LogP contribution is -2.29. The molecule has 2 aromatic heterocycles. The molecule has 1 fully saturated rings. The van der Waals surface area contributed by atoms with Crippen molar-refractivity contribution < 1.29 is 13.2 Å². The second-order valence-corrected chi connectivity index (χ2v) is 10.9. The molecule has 31 heavy (non-hydrogen) atoms. The fourth-order valence-electron chi connectivity index (χ4n) is 3.53. The highest BCUT2D eigenvalue weighted by Crippen LogP contribution is 2.45. The van der Waals surface area contributed by atoms with E-state index in [1.54, 1.807) is 29.7 Å². The number of pyridine rings is 1. The maximum absolute atomic E-state index is 11.9. The van der Waals surface area contributed by atoms with Gasteiger partial charge in [0, 0.05) is 26.6 Å². The van der Waals surface area contributed by atoms with Gasteiger partial charge in [0.2, 0.25) is 10.0 Å². The van der Waals surface area contributed by atoms with Gasteiger partial charge in [0.25, 0.3) is 0 Å². The van der Waals surface area contributed by atoms with Gasteiger partial charge in [-0.25, -0.2) is 8.42 Å².